The van der Waals surface area contributed by atoms with E-state index in [1.54, 1.807) is 0 Å². The summed E-state index contributed by atoms with van der Waals surface area (Å²) in [5.74, 6) is 0.972. The topological polar surface area (TPSA) is 37.4 Å². The molecular weight excluding hydrogens is 214 g/mol. The Morgan fingerprint density at radius 3 is 2.76 bits per heavy atom. The lowest BCUT2D eigenvalue weighted by atomic mass is 10.2. The first-order chi connectivity index (χ1) is 8.19. The number of anilines is 1. The van der Waals surface area contributed by atoms with Crippen LogP contribution in [0.25, 0.3) is 0 Å². The minimum atomic E-state index is 0.313. The zero-order valence-corrected chi connectivity index (χ0v) is 10.8. The third-order valence-electron chi connectivity index (χ3n) is 3.02. The molecule has 94 valence electrons. The third-order valence-corrected chi connectivity index (χ3v) is 3.02. The fourth-order valence-corrected chi connectivity index (χ4v) is 2.45. The molecule has 1 N–H and O–H groups in total. The first-order valence-electron chi connectivity index (χ1n) is 6.18. The van der Waals surface area contributed by atoms with Crippen molar-refractivity contribution in [1.82, 2.24) is 9.88 Å². The van der Waals surface area contributed by atoms with Gasteiger partial charge in [0.1, 0.15) is 5.82 Å². The van der Waals surface area contributed by atoms with Crippen LogP contribution in [0.2, 0.25) is 0 Å². The Morgan fingerprint density at radius 2 is 2.12 bits per heavy atom. The lowest BCUT2D eigenvalue weighted by Gasteiger charge is -2.35. The van der Waals surface area contributed by atoms with E-state index >= 15 is 0 Å². The van der Waals surface area contributed by atoms with Gasteiger partial charge in [0, 0.05) is 38.4 Å². The molecule has 1 saturated heterocycles. The van der Waals surface area contributed by atoms with Crippen LogP contribution in [0.15, 0.2) is 18.3 Å². The molecule has 0 aromatic carbocycles. The van der Waals surface area contributed by atoms with E-state index in [-0.39, 0.29) is 0 Å². The van der Waals surface area contributed by atoms with Crippen molar-refractivity contribution in [2.45, 2.75) is 32.6 Å². The Balaban J connectivity index is 2.04. The summed E-state index contributed by atoms with van der Waals surface area (Å²) in [5.41, 5.74) is 1.25. The van der Waals surface area contributed by atoms with Gasteiger partial charge in [0.25, 0.3) is 0 Å². The Morgan fingerprint density at radius 1 is 1.41 bits per heavy atom. The second-order valence-corrected chi connectivity index (χ2v) is 4.71. The van der Waals surface area contributed by atoms with Crippen LogP contribution in [-0.4, -0.2) is 42.2 Å². The fraction of sp³-hybridized carbons (Fsp3) is 0.615. The summed E-state index contributed by atoms with van der Waals surface area (Å²) in [6, 6.07) is 4.12. The highest BCUT2D eigenvalue weighted by Crippen LogP contribution is 2.17. The first-order valence-corrected chi connectivity index (χ1v) is 6.18. The smallest absolute Gasteiger partial charge is 0.130 e. The monoisotopic (exact) mass is 235 g/mol. The van der Waals surface area contributed by atoms with Crippen molar-refractivity contribution in [3.8, 4) is 0 Å². The Hall–Kier alpha value is -1.13. The molecule has 0 radical (unpaired) electrons. The van der Waals surface area contributed by atoms with E-state index in [0.717, 1.165) is 25.5 Å². The lowest BCUT2D eigenvalue weighted by Crippen LogP contribution is -2.44. The van der Waals surface area contributed by atoms with Crippen LogP contribution in [-0.2, 0) is 11.3 Å². The van der Waals surface area contributed by atoms with Crippen LogP contribution >= 0.6 is 0 Å². The van der Waals surface area contributed by atoms with Gasteiger partial charge in [-0.15, -0.1) is 0 Å². The number of hydrogen-bond donors (Lipinski definition) is 1. The second kappa shape index (κ2) is 5.47. The maximum atomic E-state index is 5.74. The highest BCUT2D eigenvalue weighted by atomic mass is 16.5. The van der Waals surface area contributed by atoms with Crippen LogP contribution in [0, 0.1) is 0 Å². The predicted molar refractivity (Wildman–Crippen MR) is 69.1 cm³/mol. The lowest BCUT2D eigenvalue weighted by molar-refractivity contribution is -0.0704. The van der Waals surface area contributed by atoms with E-state index < -0.39 is 0 Å². The van der Waals surface area contributed by atoms with E-state index in [1.807, 2.05) is 19.3 Å². The van der Waals surface area contributed by atoms with Crippen LogP contribution in [0.1, 0.15) is 19.4 Å². The normalized spacial score (nSPS) is 25.8. The standard InChI is InChI=1S/C13H21N3O/c1-10-7-16(8-11(2)17-10)9-12-5-4-6-15-13(12)14-3/h4-6,10-11H,7-9H2,1-3H3,(H,14,15)/t10-,11+. The van der Waals surface area contributed by atoms with Crippen molar-refractivity contribution in [2.24, 2.45) is 0 Å². The first kappa shape index (κ1) is 12.3. The quantitative estimate of drug-likeness (QED) is 0.866. The van der Waals surface area contributed by atoms with Gasteiger partial charge < -0.3 is 10.1 Å². The van der Waals surface area contributed by atoms with Gasteiger partial charge in [-0.1, -0.05) is 6.07 Å². The third kappa shape index (κ3) is 3.17. The molecular formula is C13H21N3O. The van der Waals surface area contributed by atoms with Gasteiger partial charge in [0.2, 0.25) is 0 Å². The molecule has 1 aromatic rings. The SMILES string of the molecule is CNc1ncccc1CN1C[C@@H](C)O[C@@H](C)C1. The second-order valence-electron chi connectivity index (χ2n) is 4.71. The molecule has 1 aromatic heterocycles. The molecule has 0 saturated carbocycles. The molecule has 0 bridgehead atoms. The van der Waals surface area contributed by atoms with Gasteiger partial charge in [-0.3, -0.25) is 4.90 Å². The molecule has 0 aliphatic carbocycles. The van der Waals surface area contributed by atoms with Gasteiger partial charge in [0.15, 0.2) is 0 Å². The van der Waals surface area contributed by atoms with E-state index in [9.17, 15) is 0 Å². The van der Waals surface area contributed by atoms with Gasteiger partial charge in [-0.25, -0.2) is 4.98 Å². The molecule has 4 nitrogen and oxygen atoms in total. The fourth-order valence-electron chi connectivity index (χ4n) is 2.45. The van der Waals surface area contributed by atoms with Crippen molar-refractivity contribution in [3.05, 3.63) is 23.9 Å². The molecule has 1 aliphatic heterocycles. The minimum absolute atomic E-state index is 0.313. The van der Waals surface area contributed by atoms with Gasteiger partial charge in [-0.05, 0) is 19.9 Å². The predicted octanol–water partition coefficient (Wildman–Crippen LogP) is 1.73. The number of nitrogens with zero attached hydrogens (tertiary/aromatic N) is 2. The molecule has 1 fully saturated rings. The van der Waals surface area contributed by atoms with Crippen molar-refractivity contribution < 1.29 is 4.74 Å². The van der Waals surface area contributed by atoms with E-state index in [0.29, 0.717) is 12.2 Å². The summed E-state index contributed by atoms with van der Waals surface area (Å²) < 4.78 is 5.74. The van der Waals surface area contributed by atoms with Crippen LogP contribution in [0.4, 0.5) is 5.82 Å². The van der Waals surface area contributed by atoms with Crippen molar-refractivity contribution in [1.29, 1.82) is 0 Å². The number of aromatic nitrogens is 1. The number of nitrogens with one attached hydrogen (secondary N) is 1. The van der Waals surface area contributed by atoms with Gasteiger partial charge in [0.05, 0.1) is 12.2 Å². The highest BCUT2D eigenvalue weighted by molar-refractivity contribution is 5.42. The molecule has 0 spiro atoms. The number of morpholine rings is 1. The van der Waals surface area contributed by atoms with Crippen LogP contribution in [0.3, 0.4) is 0 Å². The number of pyridine rings is 1. The molecule has 0 amide bonds. The maximum Gasteiger partial charge on any atom is 0.130 e. The summed E-state index contributed by atoms with van der Waals surface area (Å²) in [7, 11) is 1.91. The van der Waals surface area contributed by atoms with Gasteiger partial charge in [-0.2, -0.15) is 0 Å². The molecule has 0 unspecified atom stereocenters. The molecule has 1 aliphatic rings. The molecule has 2 heterocycles. The molecule has 4 heteroatoms. The average Bonchev–Trinajstić information content (AvgIpc) is 2.28. The summed E-state index contributed by atoms with van der Waals surface area (Å²) in [6.07, 6.45) is 2.45. The molecule has 2 atom stereocenters. The van der Waals surface area contributed by atoms with Crippen LogP contribution < -0.4 is 5.32 Å². The van der Waals surface area contributed by atoms with Crippen molar-refractivity contribution in [2.75, 3.05) is 25.5 Å². The largest absolute Gasteiger partial charge is 0.373 e. The Kier molecular flexibility index (Phi) is 3.97. The number of hydrogen-bond acceptors (Lipinski definition) is 4. The highest BCUT2D eigenvalue weighted by Gasteiger charge is 2.22. The molecule has 17 heavy (non-hydrogen) atoms. The number of ether oxygens (including phenoxy) is 1. The number of rotatable bonds is 3. The minimum Gasteiger partial charge on any atom is -0.373 e. The van der Waals surface area contributed by atoms with Crippen molar-refractivity contribution >= 4 is 5.82 Å². The van der Waals surface area contributed by atoms with Crippen LogP contribution in [0.5, 0.6) is 0 Å². The van der Waals surface area contributed by atoms with Gasteiger partial charge >= 0.3 is 0 Å². The molecule has 2 rings (SSSR count). The summed E-state index contributed by atoms with van der Waals surface area (Å²) in [5, 5.41) is 3.14. The zero-order chi connectivity index (χ0) is 12.3. The summed E-state index contributed by atoms with van der Waals surface area (Å²) in [6.45, 7) is 7.17. The van der Waals surface area contributed by atoms with E-state index in [4.69, 9.17) is 4.74 Å². The average molecular weight is 235 g/mol. The van der Waals surface area contributed by atoms with E-state index in [1.165, 1.54) is 5.56 Å². The zero-order valence-electron chi connectivity index (χ0n) is 10.8. The Bertz CT molecular complexity index is 359. The summed E-state index contributed by atoms with van der Waals surface area (Å²) in [4.78, 5) is 6.76. The summed E-state index contributed by atoms with van der Waals surface area (Å²) >= 11 is 0. The maximum absolute atomic E-state index is 5.74. The van der Waals surface area contributed by atoms with E-state index in [2.05, 4.69) is 35.1 Å². The van der Waals surface area contributed by atoms with Crippen molar-refractivity contribution in [3.63, 3.8) is 0 Å². The Labute approximate surface area is 103 Å².